The van der Waals surface area contributed by atoms with Crippen LogP contribution in [0.4, 0.5) is 0 Å². The number of hydrogen-bond acceptors (Lipinski definition) is 5. The van der Waals surface area contributed by atoms with Gasteiger partial charge in [0.2, 0.25) is 0 Å². The highest BCUT2D eigenvalue weighted by molar-refractivity contribution is 8.00. The van der Waals surface area contributed by atoms with Crippen molar-refractivity contribution in [2.24, 2.45) is 5.92 Å². The first-order valence-corrected chi connectivity index (χ1v) is 9.04. The average molecular weight is 363 g/mol. The van der Waals surface area contributed by atoms with Crippen LogP contribution < -0.4 is 0 Å². The van der Waals surface area contributed by atoms with E-state index in [-0.39, 0.29) is 6.42 Å². The van der Waals surface area contributed by atoms with E-state index in [2.05, 4.69) is 19.9 Å². The molecule has 1 aromatic rings. The number of ether oxygens (including phenoxy) is 1. The van der Waals surface area contributed by atoms with Crippen LogP contribution in [-0.4, -0.2) is 27.9 Å². The molecular weight excluding hydrogens is 338 g/mol. The summed E-state index contributed by atoms with van der Waals surface area (Å²) in [5.74, 6) is -1.23. The van der Waals surface area contributed by atoms with Crippen LogP contribution in [0.3, 0.4) is 0 Å². The molecule has 1 aromatic carbocycles. The minimum atomic E-state index is -1.06. The Hall–Kier alpha value is -2.00. The summed E-state index contributed by atoms with van der Waals surface area (Å²) >= 11 is 1.13. The molecule has 0 unspecified atom stereocenters. The van der Waals surface area contributed by atoms with Crippen LogP contribution in [0, 0.1) is 17.2 Å². The van der Waals surface area contributed by atoms with E-state index in [0.717, 1.165) is 28.6 Å². The molecule has 1 N–H and O–H groups in total. The van der Waals surface area contributed by atoms with E-state index in [1.807, 2.05) is 0 Å². The number of aliphatic carboxylic acids is 1. The van der Waals surface area contributed by atoms with Crippen molar-refractivity contribution in [1.82, 2.24) is 0 Å². The first-order valence-electron chi connectivity index (χ1n) is 8.16. The lowest BCUT2D eigenvalue weighted by Crippen LogP contribution is -2.28. The van der Waals surface area contributed by atoms with E-state index in [1.165, 1.54) is 0 Å². The summed E-state index contributed by atoms with van der Waals surface area (Å²) in [4.78, 5) is 24.3. The normalized spacial score (nSPS) is 12.5. The van der Waals surface area contributed by atoms with Crippen LogP contribution in [0.25, 0.3) is 0 Å². The Bertz CT molecular complexity index is 671. The number of hydrogen-bond donors (Lipinski definition) is 1. The second-order valence-electron chi connectivity index (χ2n) is 7.27. The highest BCUT2D eigenvalue weighted by Crippen LogP contribution is 2.31. The standard InChI is InChI=1S/C19H25NO4S/c1-12(2)8-14-9-13(11-20)6-7-15(14)25-16(18(22)23)10-17(21)24-19(3,4)5/h6-7,9,12,16H,8,10H2,1-5H3,(H,22,23)/t16-/m0/s1. The molecular formula is C19H25NO4S. The molecule has 1 rings (SSSR count). The molecule has 6 heteroatoms. The second-order valence-corrected chi connectivity index (χ2v) is 8.51. The molecule has 0 heterocycles. The molecule has 0 aliphatic heterocycles. The first-order chi connectivity index (χ1) is 11.5. The van der Waals surface area contributed by atoms with Gasteiger partial charge in [0.15, 0.2) is 0 Å². The SMILES string of the molecule is CC(C)Cc1cc(C#N)ccc1S[C@@H](CC(=O)OC(C)(C)C)C(=O)O. The molecule has 0 saturated carbocycles. The number of esters is 1. The quantitative estimate of drug-likeness (QED) is 0.581. The lowest BCUT2D eigenvalue weighted by atomic mass is 10.0. The van der Waals surface area contributed by atoms with E-state index in [1.54, 1.807) is 39.0 Å². The first kappa shape index (κ1) is 21.0. The third kappa shape index (κ3) is 7.61. The van der Waals surface area contributed by atoms with Crippen molar-refractivity contribution in [3.8, 4) is 6.07 Å². The lowest BCUT2D eigenvalue weighted by molar-refractivity contribution is -0.156. The Balaban J connectivity index is 3.00. The van der Waals surface area contributed by atoms with Gasteiger partial charge in [0.05, 0.1) is 18.1 Å². The summed E-state index contributed by atoms with van der Waals surface area (Å²) in [5, 5.41) is 17.6. The number of rotatable bonds is 7. The maximum Gasteiger partial charge on any atom is 0.317 e. The van der Waals surface area contributed by atoms with Gasteiger partial charge in [-0.25, -0.2) is 0 Å². The minimum absolute atomic E-state index is 0.210. The Kier molecular flexibility index (Phi) is 7.50. The van der Waals surface area contributed by atoms with Gasteiger partial charge >= 0.3 is 11.9 Å². The largest absolute Gasteiger partial charge is 0.480 e. The minimum Gasteiger partial charge on any atom is -0.480 e. The zero-order valence-corrected chi connectivity index (χ0v) is 16.1. The summed E-state index contributed by atoms with van der Waals surface area (Å²) in [6.45, 7) is 9.35. The van der Waals surface area contributed by atoms with Gasteiger partial charge < -0.3 is 9.84 Å². The second kappa shape index (κ2) is 8.91. The van der Waals surface area contributed by atoms with Gasteiger partial charge in [-0.3, -0.25) is 9.59 Å². The number of thioether (sulfide) groups is 1. The van der Waals surface area contributed by atoms with Gasteiger partial charge in [0.25, 0.3) is 0 Å². The van der Waals surface area contributed by atoms with Crippen LogP contribution in [0.5, 0.6) is 0 Å². The summed E-state index contributed by atoms with van der Waals surface area (Å²) in [7, 11) is 0. The third-order valence-corrected chi connectivity index (χ3v) is 4.44. The predicted molar refractivity (Wildman–Crippen MR) is 97.4 cm³/mol. The molecule has 0 saturated heterocycles. The summed E-state index contributed by atoms with van der Waals surface area (Å²) in [5.41, 5.74) is 0.815. The van der Waals surface area contributed by atoms with Gasteiger partial charge in [-0.2, -0.15) is 5.26 Å². The lowest BCUT2D eigenvalue weighted by Gasteiger charge is -2.21. The fraction of sp³-hybridized carbons (Fsp3) is 0.526. The number of carboxylic acids is 1. The Morgan fingerprint density at radius 2 is 1.96 bits per heavy atom. The molecule has 0 bridgehead atoms. The van der Waals surface area contributed by atoms with Crippen molar-refractivity contribution in [3.05, 3.63) is 29.3 Å². The average Bonchev–Trinajstić information content (AvgIpc) is 2.45. The zero-order chi connectivity index (χ0) is 19.2. The van der Waals surface area contributed by atoms with E-state index in [4.69, 9.17) is 10.00 Å². The van der Waals surface area contributed by atoms with E-state index in [0.29, 0.717) is 11.5 Å². The number of nitrogens with zero attached hydrogens (tertiary/aromatic N) is 1. The van der Waals surface area contributed by atoms with Crippen molar-refractivity contribution in [2.45, 2.75) is 63.2 Å². The molecule has 0 aromatic heterocycles. The molecule has 0 spiro atoms. The topological polar surface area (TPSA) is 87.4 Å². The fourth-order valence-corrected chi connectivity index (χ4v) is 3.30. The predicted octanol–water partition coefficient (Wildman–Crippen LogP) is 4.03. The van der Waals surface area contributed by atoms with Crippen LogP contribution in [0.15, 0.2) is 23.1 Å². The van der Waals surface area contributed by atoms with Gasteiger partial charge in [-0.1, -0.05) is 13.8 Å². The van der Waals surface area contributed by atoms with E-state index < -0.39 is 22.8 Å². The molecule has 25 heavy (non-hydrogen) atoms. The number of carbonyl (C=O) groups is 2. The maximum absolute atomic E-state index is 12.0. The number of nitriles is 1. The van der Waals surface area contributed by atoms with Crippen LogP contribution in [0.1, 0.15) is 52.2 Å². The van der Waals surface area contributed by atoms with Gasteiger partial charge in [-0.15, -0.1) is 11.8 Å². The molecule has 0 fully saturated rings. The molecule has 0 aliphatic carbocycles. The zero-order valence-electron chi connectivity index (χ0n) is 15.3. The highest BCUT2D eigenvalue weighted by atomic mass is 32.2. The van der Waals surface area contributed by atoms with E-state index in [9.17, 15) is 14.7 Å². The Morgan fingerprint density at radius 3 is 2.44 bits per heavy atom. The van der Waals surface area contributed by atoms with Crippen molar-refractivity contribution in [1.29, 1.82) is 5.26 Å². The number of carboxylic acid groups (broad SMARTS) is 1. The van der Waals surface area contributed by atoms with Crippen LogP contribution >= 0.6 is 11.8 Å². The fourth-order valence-electron chi connectivity index (χ4n) is 2.23. The van der Waals surface area contributed by atoms with Crippen molar-refractivity contribution < 1.29 is 19.4 Å². The highest BCUT2D eigenvalue weighted by Gasteiger charge is 2.27. The molecule has 0 radical (unpaired) electrons. The molecule has 0 amide bonds. The van der Waals surface area contributed by atoms with Crippen molar-refractivity contribution in [2.75, 3.05) is 0 Å². The molecule has 0 aliphatic rings. The maximum atomic E-state index is 12.0. The number of benzene rings is 1. The molecule has 5 nitrogen and oxygen atoms in total. The summed E-state index contributed by atoms with van der Waals surface area (Å²) < 4.78 is 5.23. The molecule has 1 atom stereocenters. The van der Waals surface area contributed by atoms with Crippen molar-refractivity contribution in [3.63, 3.8) is 0 Å². The monoisotopic (exact) mass is 363 g/mol. The van der Waals surface area contributed by atoms with Crippen molar-refractivity contribution >= 4 is 23.7 Å². The van der Waals surface area contributed by atoms with Crippen LogP contribution in [-0.2, 0) is 20.7 Å². The van der Waals surface area contributed by atoms with Gasteiger partial charge in [0, 0.05) is 4.90 Å². The van der Waals surface area contributed by atoms with Gasteiger partial charge in [0.1, 0.15) is 10.9 Å². The van der Waals surface area contributed by atoms with E-state index >= 15 is 0 Å². The Morgan fingerprint density at radius 1 is 1.32 bits per heavy atom. The smallest absolute Gasteiger partial charge is 0.317 e. The van der Waals surface area contributed by atoms with Crippen LogP contribution in [0.2, 0.25) is 0 Å². The Labute approximate surface area is 153 Å². The molecule has 136 valence electrons. The summed E-state index contributed by atoms with van der Waals surface area (Å²) in [6, 6.07) is 7.31. The summed E-state index contributed by atoms with van der Waals surface area (Å²) in [6.07, 6.45) is 0.523. The van der Waals surface area contributed by atoms with Gasteiger partial charge in [-0.05, 0) is 56.9 Å². The number of carbonyl (C=O) groups excluding carboxylic acids is 1. The third-order valence-electron chi connectivity index (χ3n) is 3.13.